The Morgan fingerprint density at radius 1 is 1.21 bits per heavy atom. The number of nitrogens with zero attached hydrogens (tertiary/aromatic N) is 1. The molecule has 0 aliphatic rings. The van der Waals surface area contributed by atoms with E-state index in [2.05, 4.69) is 10.8 Å². The second kappa shape index (κ2) is 6.93. The highest BCUT2D eigenvalue weighted by molar-refractivity contribution is 6.45. The van der Waals surface area contributed by atoms with Crippen LogP contribution in [0.2, 0.25) is 0 Å². The fourth-order valence-corrected chi connectivity index (χ4v) is 2.85. The number of aryl methyl sites for hydroxylation is 1. The molecule has 0 saturated heterocycles. The zero-order chi connectivity index (χ0) is 17.1. The topological polar surface area (TPSA) is 51.5 Å². The third-order valence-corrected chi connectivity index (χ3v) is 4.07. The summed E-state index contributed by atoms with van der Waals surface area (Å²) in [4.78, 5) is 11.9. The maximum Gasteiger partial charge on any atom is 0.338 e. The van der Waals surface area contributed by atoms with Crippen molar-refractivity contribution in [2.24, 2.45) is 0 Å². The number of benzene rings is 2. The van der Waals surface area contributed by atoms with Gasteiger partial charge >= 0.3 is 13.5 Å². The predicted octanol–water partition coefficient (Wildman–Crippen LogP) is 2.41. The Balaban J connectivity index is 1.92. The van der Waals surface area contributed by atoms with Gasteiger partial charge < -0.3 is 14.3 Å². The number of carbonyl (C=O) groups is 1. The highest BCUT2D eigenvalue weighted by Crippen LogP contribution is 2.23. The summed E-state index contributed by atoms with van der Waals surface area (Å²) in [6.45, 7) is 4.95. The zero-order valence-electron chi connectivity index (χ0n) is 13.8. The molecular formula is C19H19BNO3. The Kier molecular flexibility index (Phi) is 4.72. The maximum absolute atomic E-state index is 11.9. The van der Waals surface area contributed by atoms with E-state index in [0.29, 0.717) is 12.2 Å². The largest absolute Gasteiger partial charge is 0.462 e. The van der Waals surface area contributed by atoms with E-state index in [4.69, 9.17) is 9.76 Å². The first kappa shape index (κ1) is 16.3. The zero-order valence-corrected chi connectivity index (χ0v) is 13.8. The normalized spacial score (nSPS) is 10.8. The quantitative estimate of drug-likeness (QED) is 0.580. The molecule has 24 heavy (non-hydrogen) atoms. The molecule has 0 amide bonds. The van der Waals surface area contributed by atoms with Crippen LogP contribution < -0.4 is 5.46 Å². The Morgan fingerprint density at radius 2 is 1.96 bits per heavy atom. The van der Waals surface area contributed by atoms with Gasteiger partial charge in [-0.2, -0.15) is 0 Å². The second-order valence-electron chi connectivity index (χ2n) is 5.76. The van der Waals surface area contributed by atoms with Gasteiger partial charge in [0.15, 0.2) is 0 Å². The Morgan fingerprint density at radius 3 is 2.62 bits per heavy atom. The number of aromatic nitrogens is 1. The SMILES string of the molecule is CCOC(=O)c1ccc2c(c1)c(C)cn2Cc1ccc([B]O)cc1. The van der Waals surface area contributed by atoms with Gasteiger partial charge in [0.05, 0.1) is 12.2 Å². The molecule has 4 nitrogen and oxygen atoms in total. The van der Waals surface area contributed by atoms with Crippen molar-refractivity contribution in [3.05, 3.63) is 65.4 Å². The van der Waals surface area contributed by atoms with Gasteiger partial charge in [0.2, 0.25) is 0 Å². The molecule has 0 unspecified atom stereocenters. The lowest BCUT2D eigenvalue weighted by molar-refractivity contribution is 0.0526. The van der Waals surface area contributed by atoms with Crippen molar-refractivity contribution in [2.45, 2.75) is 20.4 Å². The van der Waals surface area contributed by atoms with Crippen molar-refractivity contribution in [3.63, 3.8) is 0 Å². The maximum atomic E-state index is 11.9. The number of hydrogen-bond donors (Lipinski definition) is 1. The molecule has 121 valence electrons. The molecular weight excluding hydrogens is 301 g/mol. The number of fused-ring (bicyclic) bond motifs is 1. The van der Waals surface area contributed by atoms with Gasteiger partial charge in [-0.3, -0.25) is 0 Å². The molecule has 3 aromatic rings. The number of rotatable bonds is 5. The molecule has 1 radical (unpaired) electrons. The lowest BCUT2D eigenvalue weighted by Gasteiger charge is -2.07. The first-order valence-corrected chi connectivity index (χ1v) is 7.95. The standard InChI is InChI=1S/C19H19BNO3/c1-3-24-19(22)15-6-9-18-17(10-15)13(2)11-21(18)12-14-4-7-16(20-23)8-5-14/h4-11,23H,3,12H2,1-2H3. The van der Waals surface area contributed by atoms with Crippen LogP contribution in [0.1, 0.15) is 28.4 Å². The van der Waals surface area contributed by atoms with Crippen molar-refractivity contribution < 1.29 is 14.6 Å². The smallest absolute Gasteiger partial charge is 0.338 e. The van der Waals surface area contributed by atoms with Crippen molar-refractivity contribution in [2.75, 3.05) is 6.61 Å². The monoisotopic (exact) mass is 320 g/mol. The van der Waals surface area contributed by atoms with Crippen molar-refractivity contribution in [3.8, 4) is 0 Å². The lowest BCUT2D eigenvalue weighted by atomic mass is 9.88. The summed E-state index contributed by atoms with van der Waals surface area (Å²) >= 11 is 0. The van der Waals surface area contributed by atoms with E-state index in [-0.39, 0.29) is 5.97 Å². The number of hydrogen-bond acceptors (Lipinski definition) is 3. The molecule has 0 spiro atoms. The molecule has 2 aromatic carbocycles. The minimum atomic E-state index is -0.289. The van der Waals surface area contributed by atoms with E-state index in [1.807, 2.05) is 43.3 Å². The average Bonchev–Trinajstić information content (AvgIpc) is 2.91. The van der Waals surface area contributed by atoms with Crippen LogP contribution in [0.3, 0.4) is 0 Å². The summed E-state index contributed by atoms with van der Waals surface area (Å²) in [7, 11) is 1.09. The number of ether oxygens (including phenoxy) is 1. The summed E-state index contributed by atoms with van der Waals surface area (Å²) in [5.74, 6) is -0.289. The molecule has 0 fully saturated rings. The summed E-state index contributed by atoms with van der Waals surface area (Å²) in [6, 6.07) is 13.4. The first-order chi connectivity index (χ1) is 11.6. The fourth-order valence-electron chi connectivity index (χ4n) is 2.85. The molecule has 1 aromatic heterocycles. The highest BCUT2D eigenvalue weighted by Gasteiger charge is 2.11. The molecule has 3 rings (SSSR count). The molecule has 0 aliphatic heterocycles. The average molecular weight is 320 g/mol. The van der Waals surface area contributed by atoms with Gasteiger partial charge in [0, 0.05) is 23.6 Å². The van der Waals surface area contributed by atoms with Crippen LogP contribution in [0, 0.1) is 6.92 Å². The molecule has 0 saturated carbocycles. The third-order valence-electron chi connectivity index (χ3n) is 4.07. The van der Waals surface area contributed by atoms with Crippen LogP contribution in [0.25, 0.3) is 10.9 Å². The predicted molar refractivity (Wildman–Crippen MR) is 95.8 cm³/mol. The Hall–Kier alpha value is -2.53. The van der Waals surface area contributed by atoms with E-state index in [9.17, 15) is 4.79 Å². The molecule has 5 heteroatoms. The van der Waals surface area contributed by atoms with Gasteiger partial charge in [-0.05, 0) is 43.2 Å². The minimum Gasteiger partial charge on any atom is -0.462 e. The van der Waals surface area contributed by atoms with E-state index in [1.165, 1.54) is 0 Å². The van der Waals surface area contributed by atoms with Crippen molar-refractivity contribution in [1.29, 1.82) is 0 Å². The highest BCUT2D eigenvalue weighted by atomic mass is 16.5. The third kappa shape index (κ3) is 3.21. The first-order valence-electron chi connectivity index (χ1n) is 7.95. The van der Waals surface area contributed by atoms with Gasteiger partial charge in [0.25, 0.3) is 0 Å². The van der Waals surface area contributed by atoms with E-state index in [0.717, 1.165) is 41.5 Å². The van der Waals surface area contributed by atoms with Crippen LogP contribution in [0.4, 0.5) is 0 Å². The Bertz CT molecular complexity index is 868. The Labute approximate surface area is 142 Å². The molecule has 1 heterocycles. The summed E-state index contributed by atoms with van der Waals surface area (Å²) in [5.41, 5.74) is 4.71. The molecule has 0 aliphatic carbocycles. The lowest BCUT2D eigenvalue weighted by Crippen LogP contribution is -2.12. The fraction of sp³-hybridized carbons (Fsp3) is 0.211. The van der Waals surface area contributed by atoms with Crippen LogP contribution >= 0.6 is 0 Å². The van der Waals surface area contributed by atoms with Crippen molar-refractivity contribution >= 4 is 29.8 Å². The molecule has 0 atom stereocenters. The van der Waals surface area contributed by atoms with Crippen LogP contribution in [0.15, 0.2) is 48.7 Å². The van der Waals surface area contributed by atoms with Gasteiger partial charge in [0.1, 0.15) is 0 Å². The van der Waals surface area contributed by atoms with E-state index in [1.54, 1.807) is 13.0 Å². The van der Waals surface area contributed by atoms with Crippen molar-refractivity contribution in [1.82, 2.24) is 4.57 Å². The van der Waals surface area contributed by atoms with Gasteiger partial charge in [-0.15, -0.1) is 0 Å². The summed E-state index contributed by atoms with van der Waals surface area (Å²) in [6.07, 6.45) is 2.09. The number of carbonyl (C=O) groups excluding carboxylic acids is 1. The summed E-state index contributed by atoms with van der Waals surface area (Å²) in [5, 5.41) is 10.1. The number of esters is 1. The van der Waals surface area contributed by atoms with E-state index < -0.39 is 0 Å². The van der Waals surface area contributed by atoms with Crippen LogP contribution in [0.5, 0.6) is 0 Å². The second-order valence-corrected chi connectivity index (χ2v) is 5.76. The molecule has 1 N–H and O–H groups in total. The summed E-state index contributed by atoms with van der Waals surface area (Å²) < 4.78 is 7.24. The van der Waals surface area contributed by atoms with Gasteiger partial charge in [-0.25, -0.2) is 4.79 Å². The van der Waals surface area contributed by atoms with Gasteiger partial charge in [-0.1, -0.05) is 29.7 Å². The minimum absolute atomic E-state index is 0.289. The van der Waals surface area contributed by atoms with E-state index >= 15 is 0 Å². The van der Waals surface area contributed by atoms with Crippen LogP contribution in [-0.4, -0.2) is 29.6 Å². The molecule has 0 bridgehead atoms. The van der Waals surface area contributed by atoms with Crippen LogP contribution in [-0.2, 0) is 11.3 Å².